The zero-order valence-corrected chi connectivity index (χ0v) is 15.2. The van der Waals surface area contributed by atoms with Crippen LogP contribution in [0.15, 0.2) is 21.9 Å². The lowest BCUT2D eigenvalue weighted by molar-refractivity contribution is -0.131. The molecule has 3 heterocycles. The third kappa shape index (κ3) is 4.05. The molecule has 1 N–H and O–H groups in total. The zero-order valence-electron chi connectivity index (χ0n) is 14.4. The van der Waals surface area contributed by atoms with Gasteiger partial charge in [0.15, 0.2) is 0 Å². The molecule has 1 aliphatic rings. The van der Waals surface area contributed by atoms with Crippen molar-refractivity contribution in [3.63, 3.8) is 0 Å². The summed E-state index contributed by atoms with van der Waals surface area (Å²) in [4.78, 5) is 20.1. The van der Waals surface area contributed by atoms with E-state index in [0.717, 1.165) is 54.7 Å². The molecular weight excluding hydrogens is 322 g/mol. The van der Waals surface area contributed by atoms with Crippen LogP contribution in [0.3, 0.4) is 0 Å². The van der Waals surface area contributed by atoms with Gasteiger partial charge in [0.25, 0.3) is 0 Å². The number of aryl methyl sites for hydroxylation is 1. The van der Waals surface area contributed by atoms with Crippen molar-refractivity contribution in [3.05, 3.63) is 29.0 Å². The van der Waals surface area contributed by atoms with Crippen LogP contribution in [0.4, 0.5) is 0 Å². The first-order valence-corrected chi connectivity index (χ1v) is 9.48. The molecule has 1 fully saturated rings. The highest BCUT2D eigenvalue weighted by Gasteiger charge is 2.24. The molecular formula is C18H25N3O2S. The summed E-state index contributed by atoms with van der Waals surface area (Å²) < 4.78 is 5.73. The Bertz CT molecular complexity index is 658. The number of hydrogen-bond acceptors (Lipinski definition) is 5. The van der Waals surface area contributed by atoms with Gasteiger partial charge in [0, 0.05) is 13.1 Å². The van der Waals surface area contributed by atoms with Gasteiger partial charge in [0.1, 0.15) is 5.76 Å². The molecule has 1 amide bonds. The fourth-order valence-electron chi connectivity index (χ4n) is 3.17. The molecule has 0 bridgehead atoms. The number of nitrogens with zero attached hydrogens (tertiary/aromatic N) is 2. The molecule has 0 radical (unpaired) electrons. The van der Waals surface area contributed by atoms with Crippen molar-refractivity contribution < 1.29 is 9.21 Å². The Morgan fingerprint density at radius 3 is 2.92 bits per heavy atom. The molecule has 0 spiro atoms. The van der Waals surface area contributed by atoms with Crippen molar-refractivity contribution in [1.29, 1.82) is 0 Å². The number of oxazole rings is 1. The quantitative estimate of drug-likeness (QED) is 0.872. The van der Waals surface area contributed by atoms with Crippen LogP contribution >= 0.6 is 11.3 Å². The second kappa shape index (κ2) is 7.94. The van der Waals surface area contributed by atoms with E-state index in [1.54, 1.807) is 11.3 Å². The first-order chi connectivity index (χ1) is 11.7. The number of thiophene rings is 1. The fourth-order valence-corrected chi connectivity index (χ4v) is 3.82. The van der Waals surface area contributed by atoms with Crippen molar-refractivity contribution in [3.8, 4) is 10.8 Å². The summed E-state index contributed by atoms with van der Waals surface area (Å²) in [5, 5.41) is 5.20. The lowest BCUT2D eigenvalue weighted by atomic mass is 9.93. The summed E-state index contributed by atoms with van der Waals surface area (Å²) in [6.45, 7) is 4.67. The normalized spacial score (nSPS) is 15.8. The number of rotatable bonds is 6. The number of likely N-dealkylation sites (tertiary alicyclic amines) is 1. The van der Waals surface area contributed by atoms with Gasteiger partial charge in [-0.25, -0.2) is 4.98 Å². The van der Waals surface area contributed by atoms with Crippen LogP contribution in [0.1, 0.15) is 30.7 Å². The first kappa shape index (κ1) is 17.2. The predicted octanol–water partition coefficient (Wildman–Crippen LogP) is 3.10. The Morgan fingerprint density at radius 2 is 2.25 bits per heavy atom. The predicted molar refractivity (Wildman–Crippen MR) is 96.1 cm³/mol. The van der Waals surface area contributed by atoms with E-state index in [1.807, 2.05) is 36.4 Å². The summed E-state index contributed by atoms with van der Waals surface area (Å²) in [6.07, 6.45) is 3.74. The maximum Gasteiger partial charge on any atom is 0.236 e. The number of carbonyl (C=O) groups excluding carboxylic acids is 1. The number of piperidine rings is 1. The van der Waals surface area contributed by atoms with Crippen molar-refractivity contribution in [1.82, 2.24) is 15.2 Å². The molecule has 130 valence electrons. The number of aromatic nitrogens is 1. The number of nitrogens with one attached hydrogen (secondary N) is 1. The minimum atomic E-state index is 0.163. The molecule has 2 aromatic rings. The summed E-state index contributed by atoms with van der Waals surface area (Å²) >= 11 is 1.59. The number of hydrogen-bond donors (Lipinski definition) is 1. The van der Waals surface area contributed by atoms with Gasteiger partial charge < -0.3 is 14.6 Å². The van der Waals surface area contributed by atoms with Crippen molar-refractivity contribution >= 4 is 17.2 Å². The van der Waals surface area contributed by atoms with E-state index in [1.165, 1.54) is 6.42 Å². The fraction of sp³-hybridized carbons (Fsp3) is 0.556. The minimum Gasteiger partial charge on any atom is -0.440 e. The molecule has 1 saturated heterocycles. The Kier molecular flexibility index (Phi) is 5.68. The van der Waals surface area contributed by atoms with Gasteiger partial charge in [-0.1, -0.05) is 6.07 Å². The minimum absolute atomic E-state index is 0.163. The first-order valence-electron chi connectivity index (χ1n) is 8.60. The zero-order chi connectivity index (χ0) is 16.9. The highest BCUT2D eigenvalue weighted by molar-refractivity contribution is 7.13. The summed E-state index contributed by atoms with van der Waals surface area (Å²) in [5.41, 5.74) is 0.765. The van der Waals surface area contributed by atoms with Crippen molar-refractivity contribution in [2.45, 2.75) is 32.6 Å². The average molecular weight is 347 g/mol. The molecule has 6 heteroatoms. The van der Waals surface area contributed by atoms with E-state index in [4.69, 9.17) is 4.42 Å². The van der Waals surface area contributed by atoms with Crippen LogP contribution in [0.5, 0.6) is 0 Å². The molecule has 0 saturated carbocycles. The van der Waals surface area contributed by atoms with Crippen LogP contribution in [0.2, 0.25) is 0 Å². The van der Waals surface area contributed by atoms with E-state index in [0.29, 0.717) is 12.3 Å². The van der Waals surface area contributed by atoms with E-state index < -0.39 is 0 Å². The van der Waals surface area contributed by atoms with Crippen molar-refractivity contribution in [2.24, 2.45) is 5.92 Å². The lowest BCUT2D eigenvalue weighted by Crippen LogP contribution is -2.39. The van der Waals surface area contributed by atoms with Crippen LogP contribution in [-0.2, 0) is 11.2 Å². The van der Waals surface area contributed by atoms with Crippen molar-refractivity contribution in [2.75, 3.05) is 26.7 Å². The van der Waals surface area contributed by atoms with Gasteiger partial charge in [0.05, 0.1) is 17.0 Å². The van der Waals surface area contributed by atoms with Gasteiger partial charge in [-0.05, 0) is 57.1 Å². The average Bonchev–Trinajstić information content (AvgIpc) is 3.24. The summed E-state index contributed by atoms with van der Waals surface area (Å²) in [5.74, 6) is 2.27. The largest absolute Gasteiger partial charge is 0.440 e. The Morgan fingerprint density at radius 1 is 1.46 bits per heavy atom. The van der Waals surface area contributed by atoms with Gasteiger partial charge in [-0.15, -0.1) is 11.3 Å². The Labute approximate surface area is 147 Å². The standard InChI is InChI=1S/C18H25N3O2S/c1-13-15(20-18(23-13)16-4-3-11-24-16)12-17(22)21-9-6-14(7-10-21)5-8-19-2/h3-4,11,14,19H,5-10,12H2,1-2H3. The van der Waals surface area contributed by atoms with Crippen LogP contribution in [-0.4, -0.2) is 42.5 Å². The molecule has 3 rings (SSSR count). The second-order valence-electron chi connectivity index (χ2n) is 6.39. The maximum absolute atomic E-state index is 12.6. The third-order valence-corrected chi connectivity index (χ3v) is 5.57. The SMILES string of the molecule is CNCCC1CCN(C(=O)Cc2nc(-c3cccs3)oc2C)CC1. The highest BCUT2D eigenvalue weighted by atomic mass is 32.1. The van der Waals surface area contributed by atoms with Gasteiger partial charge in [-0.2, -0.15) is 0 Å². The van der Waals surface area contributed by atoms with Gasteiger partial charge >= 0.3 is 0 Å². The monoisotopic (exact) mass is 347 g/mol. The smallest absolute Gasteiger partial charge is 0.236 e. The van der Waals surface area contributed by atoms with Crippen LogP contribution in [0.25, 0.3) is 10.8 Å². The Balaban J connectivity index is 1.56. The van der Waals surface area contributed by atoms with Gasteiger partial charge in [0.2, 0.25) is 11.8 Å². The molecule has 0 aliphatic carbocycles. The molecule has 2 aromatic heterocycles. The Hall–Kier alpha value is -1.66. The summed E-state index contributed by atoms with van der Waals surface area (Å²) in [7, 11) is 1.99. The van der Waals surface area contributed by atoms with E-state index in [2.05, 4.69) is 10.3 Å². The highest BCUT2D eigenvalue weighted by Crippen LogP contribution is 2.26. The molecule has 0 unspecified atom stereocenters. The number of amides is 1. The molecule has 1 aliphatic heterocycles. The van der Waals surface area contributed by atoms with Crippen LogP contribution in [0, 0.1) is 12.8 Å². The second-order valence-corrected chi connectivity index (χ2v) is 7.34. The van der Waals surface area contributed by atoms with E-state index in [-0.39, 0.29) is 5.91 Å². The lowest BCUT2D eigenvalue weighted by Gasteiger charge is -2.32. The van der Waals surface area contributed by atoms with E-state index >= 15 is 0 Å². The van der Waals surface area contributed by atoms with Gasteiger partial charge in [-0.3, -0.25) is 4.79 Å². The maximum atomic E-state index is 12.6. The third-order valence-electron chi connectivity index (χ3n) is 4.71. The van der Waals surface area contributed by atoms with Crippen LogP contribution < -0.4 is 5.32 Å². The molecule has 5 nitrogen and oxygen atoms in total. The topological polar surface area (TPSA) is 58.4 Å². The summed E-state index contributed by atoms with van der Waals surface area (Å²) in [6, 6.07) is 3.96. The molecule has 24 heavy (non-hydrogen) atoms. The number of carbonyl (C=O) groups is 1. The molecule has 0 atom stereocenters. The van der Waals surface area contributed by atoms with E-state index in [9.17, 15) is 4.79 Å². The molecule has 0 aromatic carbocycles.